The van der Waals surface area contributed by atoms with Gasteiger partial charge in [0.2, 0.25) is 0 Å². The van der Waals surface area contributed by atoms with Gasteiger partial charge in [-0.05, 0) is 70.6 Å². The van der Waals surface area contributed by atoms with Gasteiger partial charge in [0.25, 0.3) is 0 Å². The van der Waals surface area contributed by atoms with Crippen molar-refractivity contribution in [3.63, 3.8) is 0 Å². The number of hydrogen-bond donors (Lipinski definition) is 0. The number of unbranched alkanes of at least 4 members (excludes halogenated alkanes) is 11. The second-order valence-corrected chi connectivity index (χ2v) is 14.0. The van der Waals surface area contributed by atoms with E-state index in [1.165, 1.54) is 32.1 Å². The molecule has 0 aliphatic heterocycles. The molecule has 322 valence electrons. The molecule has 0 saturated carbocycles. The van der Waals surface area contributed by atoms with E-state index in [4.69, 9.17) is 14.2 Å². The van der Waals surface area contributed by atoms with Crippen LogP contribution in [-0.2, 0) is 28.6 Å². The average molecular weight is 799 g/mol. The molecule has 6 heteroatoms. The van der Waals surface area contributed by atoms with E-state index in [0.717, 1.165) is 70.6 Å². The lowest BCUT2D eigenvalue weighted by atomic mass is 10.1. The van der Waals surface area contributed by atoms with Crippen molar-refractivity contribution in [3.8, 4) is 0 Å². The van der Waals surface area contributed by atoms with Crippen LogP contribution in [0.2, 0.25) is 0 Å². The fourth-order valence-corrected chi connectivity index (χ4v) is 5.30. The number of rotatable bonds is 37. The minimum absolute atomic E-state index is 0.109. The molecule has 0 bridgehead atoms. The standard InChI is InChI=1S/C52H78O6/c1-4-7-10-13-16-19-21-23-24-25-26-27-29-30-33-36-39-42-45-51(54)57-48-49(47-56-50(53)44-41-38-35-32-18-15-12-9-6-3)58-52(55)46-43-40-37-34-31-28-22-20-17-14-11-8-5-2/h8-9,11-12,14,17-18,20-28,31-32,34,37-38,41,49H,4-7,10,13,15-16,19,29-30,33,35-36,39-40,42-48H2,1-3H3/b11-8-,12-9-,17-14-,22-20-,23-21-,25-24-,27-26-,31-28-,32-18-,37-34-,41-38-. The maximum absolute atomic E-state index is 12.7. The van der Waals surface area contributed by atoms with Gasteiger partial charge in [-0.3, -0.25) is 14.4 Å². The Morgan fingerprint density at radius 1 is 0.397 bits per heavy atom. The molecule has 0 saturated heterocycles. The number of esters is 3. The number of carbonyl (C=O) groups is 3. The molecule has 6 nitrogen and oxygen atoms in total. The zero-order chi connectivity index (χ0) is 42.3. The van der Waals surface area contributed by atoms with Crippen LogP contribution in [0.25, 0.3) is 0 Å². The van der Waals surface area contributed by atoms with Gasteiger partial charge in [-0.1, -0.05) is 199 Å². The zero-order valence-electron chi connectivity index (χ0n) is 36.5. The van der Waals surface area contributed by atoms with Crippen LogP contribution in [0.15, 0.2) is 134 Å². The number of allylic oxidation sites excluding steroid dienone is 21. The lowest BCUT2D eigenvalue weighted by Gasteiger charge is -2.18. The predicted molar refractivity (Wildman–Crippen MR) is 246 cm³/mol. The molecule has 0 rings (SSSR count). The van der Waals surface area contributed by atoms with Crippen LogP contribution in [0.4, 0.5) is 0 Å². The molecule has 0 radical (unpaired) electrons. The van der Waals surface area contributed by atoms with Crippen LogP contribution in [0.3, 0.4) is 0 Å². The highest BCUT2D eigenvalue weighted by molar-refractivity contribution is 5.72. The highest BCUT2D eigenvalue weighted by Gasteiger charge is 2.19. The van der Waals surface area contributed by atoms with Crippen LogP contribution < -0.4 is 0 Å². The summed E-state index contributed by atoms with van der Waals surface area (Å²) in [6.07, 6.45) is 63.3. The van der Waals surface area contributed by atoms with E-state index in [0.29, 0.717) is 19.3 Å². The SMILES string of the molecule is CC\C=C/C=C\C=C/C=C\C=C/CCCC(=O)OC(COC(=O)C/C=C\C/C=C\C/C=C\CC)COC(=O)CCCCCCC\C=C/C=C\C=C/CCCCCCC. The van der Waals surface area contributed by atoms with Gasteiger partial charge in [-0.25, -0.2) is 0 Å². The van der Waals surface area contributed by atoms with E-state index in [1.807, 2.05) is 60.8 Å². The first-order chi connectivity index (χ1) is 28.5. The summed E-state index contributed by atoms with van der Waals surface area (Å²) in [7, 11) is 0. The van der Waals surface area contributed by atoms with Gasteiger partial charge >= 0.3 is 17.9 Å². The Balaban J connectivity index is 4.58. The third-order valence-corrected chi connectivity index (χ3v) is 8.59. The number of carbonyl (C=O) groups excluding carboxylic acids is 3. The average Bonchev–Trinajstić information content (AvgIpc) is 3.22. The van der Waals surface area contributed by atoms with Crippen molar-refractivity contribution in [2.24, 2.45) is 0 Å². The van der Waals surface area contributed by atoms with E-state index in [1.54, 1.807) is 6.08 Å². The molecule has 0 fully saturated rings. The van der Waals surface area contributed by atoms with Crippen molar-refractivity contribution < 1.29 is 28.6 Å². The number of ether oxygens (including phenoxy) is 3. The Labute approximate surface area is 354 Å². The maximum Gasteiger partial charge on any atom is 0.309 e. The first-order valence-electron chi connectivity index (χ1n) is 22.3. The third kappa shape index (κ3) is 42.7. The maximum atomic E-state index is 12.7. The quantitative estimate of drug-likeness (QED) is 0.0205. The molecule has 0 N–H and O–H groups in total. The summed E-state index contributed by atoms with van der Waals surface area (Å²) in [5, 5.41) is 0. The van der Waals surface area contributed by atoms with Gasteiger partial charge in [-0.2, -0.15) is 0 Å². The Morgan fingerprint density at radius 3 is 1.40 bits per heavy atom. The first kappa shape index (κ1) is 53.6. The Bertz CT molecular complexity index is 1330. The Hall–Kier alpha value is -4.45. The highest BCUT2D eigenvalue weighted by Crippen LogP contribution is 2.10. The summed E-state index contributed by atoms with van der Waals surface area (Å²) in [5.41, 5.74) is 0. The van der Waals surface area contributed by atoms with Crippen LogP contribution >= 0.6 is 0 Å². The van der Waals surface area contributed by atoms with E-state index in [-0.39, 0.29) is 32.0 Å². The minimum atomic E-state index is -0.862. The van der Waals surface area contributed by atoms with Crippen molar-refractivity contribution in [1.29, 1.82) is 0 Å². The molecular weight excluding hydrogens is 721 g/mol. The molecule has 0 aromatic rings. The minimum Gasteiger partial charge on any atom is -0.462 e. The second-order valence-electron chi connectivity index (χ2n) is 14.0. The van der Waals surface area contributed by atoms with Crippen molar-refractivity contribution in [3.05, 3.63) is 134 Å². The van der Waals surface area contributed by atoms with Gasteiger partial charge in [0.15, 0.2) is 6.10 Å². The van der Waals surface area contributed by atoms with Crippen LogP contribution in [0.5, 0.6) is 0 Å². The Kier molecular flexibility index (Phi) is 41.8. The topological polar surface area (TPSA) is 78.9 Å². The lowest BCUT2D eigenvalue weighted by Crippen LogP contribution is -2.30. The van der Waals surface area contributed by atoms with Gasteiger partial charge < -0.3 is 14.2 Å². The smallest absolute Gasteiger partial charge is 0.309 e. The van der Waals surface area contributed by atoms with Crippen molar-refractivity contribution in [2.75, 3.05) is 13.2 Å². The van der Waals surface area contributed by atoms with Gasteiger partial charge in [0.1, 0.15) is 13.2 Å². The normalized spacial score (nSPS) is 13.4. The molecule has 1 unspecified atom stereocenters. The van der Waals surface area contributed by atoms with Crippen molar-refractivity contribution >= 4 is 17.9 Å². The van der Waals surface area contributed by atoms with Crippen LogP contribution in [0.1, 0.15) is 156 Å². The molecule has 0 heterocycles. The zero-order valence-corrected chi connectivity index (χ0v) is 36.5. The Morgan fingerprint density at radius 2 is 0.828 bits per heavy atom. The van der Waals surface area contributed by atoms with Gasteiger partial charge in [0, 0.05) is 12.8 Å². The lowest BCUT2D eigenvalue weighted by molar-refractivity contribution is -0.166. The molecule has 0 aromatic carbocycles. The fraction of sp³-hybridized carbons (Fsp3) is 0.519. The first-order valence-corrected chi connectivity index (χ1v) is 22.3. The predicted octanol–water partition coefficient (Wildman–Crippen LogP) is 14.4. The van der Waals surface area contributed by atoms with Crippen molar-refractivity contribution in [1.82, 2.24) is 0 Å². The van der Waals surface area contributed by atoms with E-state index in [2.05, 4.69) is 87.6 Å². The largest absolute Gasteiger partial charge is 0.462 e. The number of hydrogen-bond acceptors (Lipinski definition) is 6. The van der Waals surface area contributed by atoms with E-state index in [9.17, 15) is 14.4 Å². The summed E-state index contributed by atoms with van der Waals surface area (Å²) in [5.74, 6) is -1.19. The second kappa shape index (κ2) is 45.3. The van der Waals surface area contributed by atoms with Gasteiger partial charge in [-0.15, -0.1) is 0 Å². The van der Waals surface area contributed by atoms with Crippen LogP contribution in [0, 0.1) is 0 Å². The molecule has 58 heavy (non-hydrogen) atoms. The fourth-order valence-electron chi connectivity index (χ4n) is 5.30. The summed E-state index contributed by atoms with van der Waals surface area (Å²) in [6.45, 7) is 6.13. The molecular formula is C52H78O6. The monoisotopic (exact) mass is 799 g/mol. The summed E-state index contributed by atoms with van der Waals surface area (Å²) in [4.78, 5) is 37.6. The molecule has 1 atom stereocenters. The van der Waals surface area contributed by atoms with E-state index >= 15 is 0 Å². The third-order valence-electron chi connectivity index (χ3n) is 8.59. The molecule has 0 aliphatic rings. The summed E-state index contributed by atoms with van der Waals surface area (Å²) < 4.78 is 16.5. The summed E-state index contributed by atoms with van der Waals surface area (Å²) in [6, 6.07) is 0. The molecule has 0 amide bonds. The summed E-state index contributed by atoms with van der Waals surface area (Å²) >= 11 is 0. The molecule has 0 aromatic heterocycles. The molecule has 0 aliphatic carbocycles. The van der Waals surface area contributed by atoms with Gasteiger partial charge in [0.05, 0.1) is 6.42 Å². The van der Waals surface area contributed by atoms with Crippen molar-refractivity contribution in [2.45, 2.75) is 162 Å². The van der Waals surface area contributed by atoms with E-state index < -0.39 is 18.0 Å². The molecule has 0 spiro atoms. The highest BCUT2D eigenvalue weighted by atomic mass is 16.6. The van der Waals surface area contributed by atoms with Crippen LogP contribution in [-0.4, -0.2) is 37.2 Å².